The summed E-state index contributed by atoms with van der Waals surface area (Å²) in [5.41, 5.74) is -0.656. The first-order valence-corrected chi connectivity index (χ1v) is 11.9. The van der Waals surface area contributed by atoms with Crippen LogP contribution in [0.4, 0.5) is 4.79 Å². The summed E-state index contributed by atoms with van der Waals surface area (Å²) in [6.07, 6.45) is -1.10. The molecule has 0 amide bonds. The van der Waals surface area contributed by atoms with Crippen LogP contribution in [-0.2, 0) is 18.8 Å². The highest BCUT2D eigenvalue weighted by atomic mass is 35.5. The Hall–Kier alpha value is -3.89. The number of ketones is 1. The summed E-state index contributed by atoms with van der Waals surface area (Å²) in [5, 5.41) is 4.72. The number of nitrogens with zero attached hydrogens (tertiary/aromatic N) is 4. The van der Waals surface area contributed by atoms with Crippen molar-refractivity contribution >= 4 is 46.0 Å². The first-order chi connectivity index (χ1) is 17.4. The van der Waals surface area contributed by atoms with E-state index in [0.29, 0.717) is 27.5 Å². The smallest absolute Gasteiger partial charge is 0.415 e. The van der Waals surface area contributed by atoms with Crippen LogP contribution in [0.3, 0.4) is 0 Å². The number of hydrogen-bond donors (Lipinski definition) is 0. The standard InChI is InChI=1S/C25H22Cl2N4O6/c1-12-17(21(32)20-13(2)28-30(5)23(20)37-25(35)36-14(3)26)9-10-18-19(12)22(33)31(24(34)29(18)4)16-8-6-7-15(27)11-16/h6-11,14H,1-5H3. The molecule has 0 bridgehead atoms. The Morgan fingerprint density at radius 1 is 1.08 bits per heavy atom. The lowest BCUT2D eigenvalue weighted by Gasteiger charge is -2.15. The lowest BCUT2D eigenvalue weighted by atomic mass is 9.96. The Balaban J connectivity index is 1.92. The average Bonchev–Trinajstić information content (AvgIpc) is 3.08. The van der Waals surface area contributed by atoms with Crippen LogP contribution in [0.15, 0.2) is 46.0 Å². The number of carbonyl (C=O) groups is 2. The molecule has 1 unspecified atom stereocenters. The second-order valence-electron chi connectivity index (χ2n) is 8.33. The predicted molar refractivity (Wildman–Crippen MR) is 138 cm³/mol. The Bertz CT molecular complexity index is 1700. The van der Waals surface area contributed by atoms with Gasteiger partial charge in [0.15, 0.2) is 5.56 Å². The van der Waals surface area contributed by atoms with Crippen molar-refractivity contribution in [3.8, 4) is 11.6 Å². The quantitative estimate of drug-likeness (QED) is 0.211. The second-order valence-corrected chi connectivity index (χ2v) is 9.38. The molecule has 0 aliphatic carbocycles. The molecule has 0 saturated heterocycles. The number of alkyl halides is 1. The average molecular weight is 545 g/mol. The zero-order chi connectivity index (χ0) is 27.2. The van der Waals surface area contributed by atoms with Gasteiger partial charge in [0.1, 0.15) is 5.56 Å². The van der Waals surface area contributed by atoms with Gasteiger partial charge in [-0.2, -0.15) is 5.10 Å². The van der Waals surface area contributed by atoms with E-state index in [1.165, 1.54) is 48.5 Å². The topological polar surface area (TPSA) is 114 Å². The molecule has 0 fully saturated rings. The molecule has 2 aromatic carbocycles. The maximum atomic E-state index is 13.7. The molecule has 0 spiro atoms. The van der Waals surface area contributed by atoms with Crippen LogP contribution in [0.1, 0.15) is 34.1 Å². The van der Waals surface area contributed by atoms with Crippen LogP contribution in [0.5, 0.6) is 5.88 Å². The molecule has 0 saturated carbocycles. The fourth-order valence-corrected chi connectivity index (χ4v) is 4.43. The number of rotatable bonds is 5. The maximum Gasteiger partial charge on any atom is 0.516 e. The van der Waals surface area contributed by atoms with E-state index in [0.717, 1.165) is 4.57 Å². The molecule has 2 heterocycles. The highest BCUT2D eigenvalue weighted by Gasteiger charge is 2.28. The highest BCUT2D eigenvalue weighted by molar-refractivity contribution is 6.30. The molecular formula is C25H22Cl2N4O6. The van der Waals surface area contributed by atoms with E-state index in [4.69, 9.17) is 32.7 Å². The number of hydrogen-bond acceptors (Lipinski definition) is 7. The minimum Gasteiger partial charge on any atom is -0.415 e. The maximum absolute atomic E-state index is 13.7. The van der Waals surface area contributed by atoms with E-state index in [1.807, 2.05) is 0 Å². The zero-order valence-electron chi connectivity index (χ0n) is 20.5. The Labute approximate surface area is 220 Å². The van der Waals surface area contributed by atoms with Gasteiger partial charge in [0.25, 0.3) is 5.56 Å². The van der Waals surface area contributed by atoms with Crippen molar-refractivity contribution < 1.29 is 19.1 Å². The molecule has 192 valence electrons. The van der Waals surface area contributed by atoms with Crippen LogP contribution in [0.25, 0.3) is 16.6 Å². The van der Waals surface area contributed by atoms with E-state index < -0.39 is 28.8 Å². The van der Waals surface area contributed by atoms with Crippen LogP contribution in [0, 0.1) is 13.8 Å². The summed E-state index contributed by atoms with van der Waals surface area (Å²) in [6.45, 7) is 4.63. The number of aromatic nitrogens is 4. The number of fused-ring (bicyclic) bond motifs is 1. The molecule has 1 atom stereocenters. The first-order valence-electron chi connectivity index (χ1n) is 11.0. The molecule has 0 N–H and O–H groups in total. The van der Waals surface area contributed by atoms with Gasteiger partial charge in [0.05, 0.1) is 22.3 Å². The van der Waals surface area contributed by atoms with Gasteiger partial charge in [-0.1, -0.05) is 29.3 Å². The molecule has 4 rings (SSSR count). The molecule has 10 nitrogen and oxygen atoms in total. The van der Waals surface area contributed by atoms with E-state index in [-0.39, 0.29) is 22.4 Å². The Morgan fingerprint density at radius 2 is 1.78 bits per heavy atom. The van der Waals surface area contributed by atoms with Crippen molar-refractivity contribution in [2.24, 2.45) is 14.1 Å². The fourth-order valence-electron chi connectivity index (χ4n) is 4.17. The number of benzene rings is 2. The molecule has 0 radical (unpaired) electrons. The summed E-state index contributed by atoms with van der Waals surface area (Å²) in [6, 6.07) is 9.39. The molecule has 37 heavy (non-hydrogen) atoms. The lowest BCUT2D eigenvalue weighted by molar-refractivity contribution is 0.0884. The monoisotopic (exact) mass is 544 g/mol. The summed E-state index contributed by atoms with van der Waals surface area (Å²) in [4.78, 5) is 52.5. The SMILES string of the molecule is Cc1nn(C)c(OC(=O)OC(C)Cl)c1C(=O)c1ccc2c(c1C)c(=O)n(-c1cccc(Cl)c1)c(=O)n2C. The number of ether oxygens (including phenoxy) is 2. The van der Waals surface area contributed by atoms with Crippen molar-refractivity contribution in [2.45, 2.75) is 26.3 Å². The van der Waals surface area contributed by atoms with Crippen molar-refractivity contribution in [1.29, 1.82) is 0 Å². The third-order valence-electron chi connectivity index (χ3n) is 5.85. The minimum absolute atomic E-state index is 0.0177. The van der Waals surface area contributed by atoms with Gasteiger partial charge in [0, 0.05) is 24.7 Å². The number of halogens is 2. The lowest BCUT2D eigenvalue weighted by Crippen LogP contribution is -2.38. The van der Waals surface area contributed by atoms with Crippen molar-refractivity contribution in [3.63, 3.8) is 0 Å². The summed E-state index contributed by atoms with van der Waals surface area (Å²) in [7, 11) is 3.04. The predicted octanol–water partition coefficient (Wildman–Crippen LogP) is 4.02. The fraction of sp³-hybridized carbons (Fsp3) is 0.240. The van der Waals surface area contributed by atoms with Crippen molar-refractivity contribution in [3.05, 3.63) is 84.6 Å². The van der Waals surface area contributed by atoms with E-state index in [1.54, 1.807) is 32.0 Å². The summed E-state index contributed by atoms with van der Waals surface area (Å²) < 4.78 is 13.6. The number of aryl methyl sites for hydroxylation is 4. The normalized spacial score (nSPS) is 12.0. The molecule has 2 aromatic heterocycles. The van der Waals surface area contributed by atoms with Gasteiger partial charge in [-0.15, -0.1) is 0 Å². The van der Waals surface area contributed by atoms with E-state index in [9.17, 15) is 19.2 Å². The van der Waals surface area contributed by atoms with E-state index in [2.05, 4.69) is 5.10 Å². The molecular weight excluding hydrogens is 523 g/mol. The highest BCUT2D eigenvalue weighted by Crippen LogP contribution is 2.28. The van der Waals surface area contributed by atoms with Crippen LogP contribution in [-0.4, -0.2) is 36.4 Å². The van der Waals surface area contributed by atoms with Gasteiger partial charge in [0.2, 0.25) is 11.7 Å². The van der Waals surface area contributed by atoms with Crippen molar-refractivity contribution in [2.75, 3.05) is 0 Å². The third-order valence-corrected chi connectivity index (χ3v) is 6.17. The molecule has 0 aliphatic heterocycles. The molecule has 4 aromatic rings. The third kappa shape index (κ3) is 4.65. The van der Waals surface area contributed by atoms with Gasteiger partial charge in [-0.05, 0) is 56.7 Å². The van der Waals surface area contributed by atoms with E-state index >= 15 is 0 Å². The Morgan fingerprint density at radius 3 is 2.43 bits per heavy atom. The summed E-state index contributed by atoms with van der Waals surface area (Å²) in [5.74, 6) is -0.671. The molecule has 0 aliphatic rings. The number of carbonyl (C=O) groups excluding carboxylic acids is 2. The zero-order valence-corrected chi connectivity index (χ0v) is 22.0. The largest absolute Gasteiger partial charge is 0.516 e. The Kier molecular flexibility index (Phi) is 6.98. The van der Waals surface area contributed by atoms with Gasteiger partial charge >= 0.3 is 11.8 Å². The first kappa shape index (κ1) is 26.2. The van der Waals surface area contributed by atoms with Crippen LogP contribution in [0.2, 0.25) is 5.02 Å². The summed E-state index contributed by atoms with van der Waals surface area (Å²) >= 11 is 11.8. The van der Waals surface area contributed by atoms with Crippen molar-refractivity contribution in [1.82, 2.24) is 18.9 Å². The van der Waals surface area contributed by atoms with Gasteiger partial charge in [-0.3, -0.25) is 14.2 Å². The van der Waals surface area contributed by atoms with Crippen LogP contribution < -0.4 is 16.0 Å². The van der Waals surface area contributed by atoms with Gasteiger partial charge < -0.3 is 9.47 Å². The van der Waals surface area contributed by atoms with Crippen LogP contribution >= 0.6 is 23.2 Å². The van der Waals surface area contributed by atoms with Gasteiger partial charge in [-0.25, -0.2) is 18.8 Å². The second kappa shape index (κ2) is 9.87. The molecule has 12 heteroatoms. The minimum atomic E-state index is -1.10.